The van der Waals surface area contributed by atoms with Gasteiger partial charge in [0.05, 0.1) is 12.2 Å². The van der Waals surface area contributed by atoms with E-state index in [0.717, 1.165) is 6.54 Å². The van der Waals surface area contributed by atoms with Crippen LogP contribution in [0.15, 0.2) is 16.9 Å². The van der Waals surface area contributed by atoms with Crippen LogP contribution in [-0.4, -0.2) is 40.1 Å². The molecule has 0 aromatic heterocycles. The Labute approximate surface area is 73.2 Å². The van der Waals surface area contributed by atoms with Gasteiger partial charge in [0.25, 0.3) is 0 Å². The monoisotopic (exact) mass is 190 g/mol. The van der Waals surface area contributed by atoms with Gasteiger partial charge in [-0.05, 0) is 0 Å². The van der Waals surface area contributed by atoms with Crippen LogP contribution in [0.4, 0.5) is 0 Å². The van der Waals surface area contributed by atoms with Crippen molar-refractivity contribution in [3.8, 4) is 0 Å². The molecule has 1 aliphatic heterocycles. The fourth-order valence-corrected chi connectivity index (χ4v) is 1.03. The average Bonchev–Trinajstić information content (AvgIpc) is 2.01. The Bertz CT molecular complexity index is 239. The second-order valence-electron chi connectivity index (χ2n) is 2.35. The molecular weight excluding hydrogens is 180 g/mol. The predicted octanol–water partition coefficient (Wildman–Crippen LogP) is -0.00270. The van der Waals surface area contributed by atoms with Crippen molar-refractivity contribution in [3.63, 3.8) is 0 Å². The van der Waals surface area contributed by atoms with Gasteiger partial charge < -0.3 is 4.90 Å². The molecule has 1 heterocycles. The summed E-state index contributed by atoms with van der Waals surface area (Å²) in [5.41, 5.74) is 0.645. The molecule has 1 unspecified atom stereocenters. The van der Waals surface area contributed by atoms with Crippen molar-refractivity contribution in [1.29, 1.82) is 0 Å². The summed E-state index contributed by atoms with van der Waals surface area (Å²) < 4.78 is 22.9. The van der Waals surface area contributed by atoms with E-state index in [1.807, 2.05) is 11.9 Å². The van der Waals surface area contributed by atoms with Crippen LogP contribution in [0, 0.1) is 0 Å². The highest BCUT2D eigenvalue weighted by molar-refractivity contribution is 7.74. The first-order valence-electron chi connectivity index (χ1n) is 3.36. The molecule has 0 fully saturated rings. The molecule has 1 N–H and O–H groups in total. The minimum atomic E-state index is -2.21. The van der Waals surface area contributed by atoms with E-state index in [1.54, 1.807) is 12.4 Å². The van der Waals surface area contributed by atoms with Crippen molar-refractivity contribution in [3.05, 3.63) is 11.9 Å². The van der Waals surface area contributed by atoms with Gasteiger partial charge in [0.1, 0.15) is 6.61 Å². The number of nitrogens with zero attached hydrogens (tertiary/aromatic N) is 2. The third-order valence-electron chi connectivity index (χ3n) is 1.30. The highest BCUT2D eigenvalue weighted by Crippen LogP contribution is 2.03. The molecule has 0 bridgehead atoms. The first kappa shape index (κ1) is 9.37. The van der Waals surface area contributed by atoms with E-state index in [-0.39, 0.29) is 6.61 Å². The van der Waals surface area contributed by atoms with Gasteiger partial charge in [0, 0.05) is 19.5 Å². The molecule has 12 heavy (non-hydrogen) atoms. The molecule has 1 aliphatic rings. The Morgan fingerprint density at radius 1 is 1.92 bits per heavy atom. The Morgan fingerprint density at radius 3 is 3.25 bits per heavy atom. The molecular formula is C6H10N2O3S. The lowest BCUT2D eigenvalue weighted by molar-refractivity contribution is 0.329. The van der Waals surface area contributed by atoms with Crippen LogP contribution < -0.4 is 0 Å². The molecule has 0 saturated carbocycles. The van der Waals surface area contributed by atoms with Gasteiger partial charge in [-0.3, -0.25) is 13.7 Å². The van der Waals surface area contributed by atoms with Gasteiger partial charge in [-0.2, -0.15) is 4.21 Å². The summed E-state index contributed by atoms with van der Waals surface area (Å²) in [6, 6.07) is 0. The van der Waals surface area contributed by atoms with Gasteiger partial charge in [-0.15, -0.1) is 0 Å². The van der Waals surface area contributed by atoms with Crippen LogP contribution in [0.25, 0.3) is 0 Å². The van der Waals surface area contributed by atoms with Gasteiger partial charge >= 0.3 is 11.4 Å². The van der Waals surface area contributed by atoms with Crippen LogP contribution in [-0.2, 0) is 15.5 Å². The first-order chi connectivity index (χ1) is 5.68. The maximum Gasteiger partial charge on any atom is 0.302 e. The summed E-state index contributed by atoms with van der Waals surface area (Å²) in [5, 5.41) is 0. The molecule has 0 amide bonds. The van der Waals surface area contributed by atoms with E-state index in [4.69, 9.17) is 4.55 Å². The second kappa shape index (κ2) is 4.34. The largest absolute Gasteiger partial charge is 0.374 e. The standard InChI is InChI=1S/C6H10N2O3S/c1-8-3-2-7-6(4-8)5-11-12(9)10/h2,4H,3,5H2,1H3,(H,9,10). The maximum absolute atomic E-state index is 10.1. The number of aliphatic imine (C=N–C) groups is 1. The van der Waals surface area contributed by atoms with Gasteiger partial charge in [0.2, 0.25) is 0 Å². The molecule has 0 aliphatic carbocycles. The fraction of sp³-hybridized carbons (Fsp3) is 0.500. The molecule has 0 saturated heterocycles. The van der Waals surface area contributed by atoms with Crippen LogP contribution in [0.2, 0.25) is 0 Å². The minimum Gasteiger partial charge on any atom is -0.374 e. The van der Waals surface area contributed by atoms with Crippen molar-refractivity contribution in [2.45, 2.75) is 0 Å². The van der Waals surface area contributed by atoms with Crippen LogP contribution in [0.1, 0.15) is 0 Å². The van der Waals surface area contributed by atoms with E-state index in [1.165, 1.54) is 0 Å². The quantitative estimate of drug-likeness (QED) is 0.636. The molecule has 0 aromatic carbocycles. The van der Waals surface area contributed by atoms with E-state index < -0.39 is 11.4 Å². The van der Waals surface area contributed by atoms with E-state index in [9.17, 15) is 4.21 Å². The zero-order valence-electron chi connectivity index (χ0n) is 6.64. The zero-order chi connectivity index (χ0) is 8.97. The van der Waals surface area contributed by atoms with Crippen molar-refractivity contribution >= 4 is 17.6 Å². The molecule has 1 rings (SSSR count). The lowest BCUT2D eigenvalue weighted by Gasteiger charge is -2.16. The molecule has 5 nitrogen and oxygen atoms in total. The predicted molar refractivity (Wildman–Crippen MR) is 45.9 cm³/mol. The summed E-state index contributed by atoms with van der Waals surface area (Å²) in [6.45, 7) is 0.815. The summed E-state index contributed by atoms with van der Waals surface area (Å²) >= 11 is -2.21. The number of hydrogen-bond donors (Lipinski definition) is 1. The molecule has 0 radical (unpaired) electrons. The van der Waals surface area contributed by atoms with Gasteiger partial charge in [-0.25, -0.2) is 0 Å². The Hall–Kier alpha value is -0.720. The molecule has 0 aromatic rings. The van der Waals surface area contributed by atoms with Crippen LogP contribution >= 0.6 is 0 Å². The third-order valence-corrected chi connectivity index (χ3v) is 1.62. The Kier molecular flexibility index (Phi) is 3.39. The summed E-state index contributed by atoms with van der Waals surface area (Å²) in [6.07, 6.45) is 3.49. The maximum atomic E-state index is 10.1. The molecule has 1 atom stereocenters. The average molecular weight is 190 g/mol. The normalized spacial score (nSPS) is 19.2. The Morgan fingerprint density at radius 2 is 2.67 bits per heavy atom. The highest BCUT2D eigenvalue weighted by atomic mass is 32.2. The summed E-state index contributed by atoms with van der Waals surface area (Å²) in [7, 11) is 1.89. The van der Waals surface area contributed by atoms with Crippen molar-refractivity contribution in [2.24, 2.45) is 4.99 Å². The van der Waals surface area contributed by atoms with Crippen LogP contribution in [0.3, 0.4) is 0 Å². The Balaban J connectivity index is 2.41. The van der Waals surface area contributed by atoms with Crippen LogP contribution in [0.5, 0.6) is 0 Å². The smallest absolute Gasteiger partial charge is 0.302 e. The lowest BCUT2D eigenvalue weighted by Crippen LogP contribution is -2.18. The lowest BCUT2D eigenvalue weighted by atomic mass is 10.4. The third kappa shape index (κ3) is 3.12. The molecule has 6 heteroatoms. The second-order valence-corrected chi connectivity index (χ2v) is 3.02. The SMILES string of the molecule is CN1C=C(COS(=O)O)N=CC1. The molecule has 68 valence electrons. The topological polar surface area (TPSA) is 62.1 Å². The fourth-order valence-electron chi connectivity index (χ4n) is 0.813. The zero-order valence-corrected chi connectivity index (χ0v) is 7.45. The highest BCUT2D eigenvalue weighted by Gasteiger charge is 2.03. The first-order valence-corrected chi connectivity index (χ1v) is 4.39. The van der Waals surface area contributed by atoms with Crippen molar-refractivity contribution in [1.82, 2.24) is 4.90 Å². The van der Waals surface area contributed by atoms with Gasteiger partial charge in [0.15, 0.2) is 0 Å². The van der Waals surface area contributed by atoms with E-state index >= 15 is 0 Å². The van der Waals surface area contributed by atoms with E-state index in [0.29, 0.717) is 5.70 Å². The van der Waals surface area contributed by atoms with Crippen molar-refractivity contribution < 1.29 is 12.9 Å². The van der Waals surface area contributed by atoms with E-state index in [2.05, 4.69) is 9.18 Å². The minimum absolute atomic E-state index is 0.0595. The number of rotatable bonds is 3. The summed E-state index contributed by atoms with van der Waals surface area (Å²) in [4.78, 5) is 5.88. The molecule has 0 spiro atoms. The summed E-state index contributed by atoms with van der Waals surface area (Å²) in [5.74, 6) is 0. The van der Waals surface area contributed by atoms with Crippen molar-refractivity contribution in [2.75, 3.05) is 20.2 Å². The number of hydrogen-bond acceptors (Lipinski definition) is 4. The van der Waals surface area contributed by atoms with Gasteiger partial charge in [-0.1, -0.05) is 0 Å².